The number of ether oxygens (including phenoxy) is 3. The maximum atomic E-state index is 12.9. The van der Waals surface area contributed by atoms with E-state index in [2.05, 4.69) is 4.40 Å². The van der Waals surface area contributed by atoms with Gasteiger partial charge in [-0.15, -0.1) is 4.40 Å². The highest BCUT2D eigenvalue weighted by atomic mass is 32.2. The van der Waals surface area contributed by atoms with E-state index in [1.54, 1.807) is 41.8 Å². The van der Waals surface area contributed by atoms with E-state index in [0.29, 0.717) is 35.9 Å². The van der Waals surface area contributed by atoms with Gasteiger partial charge in [0.2, 0.25) is 4.80 Å². The lowest BCUT2D eigenvalue weighted by molar-refractivity contribution is 0.0526. The number of fused-ring (bicyclic) bond motifs is 1. The minimum Gasteiger partial charge on any atom is -0.497 e. The maximum Gasteiger partial charge on any atom is 0.338 e. The summed E-state index contributed by atoms with van der Waals surface area (Å²) in [6.45, 7) is 5.27. The summed E-state index contributed by atoms with van der Waals surface area (Å²) in [7, 11) is -2.44. The summed E-state index contributed by atoms with van der Waals surface area (Å²) < 4.78 is 48.0. The highest BCUT2D eigenvalue weighted by Crippen LogP contribution is 2.22. The second-order valence-corrected chi connectivity index (χ2v) is 8.99. The SMILES string of the molecule is CCOCCn1/c(=N/S(=O)(=O)c2ccc(OC)cc2)sc2cc(C(=O)OCC)ccc21. The minimum absolute atomic E-state index is 0.0642. The monoisotopic (exact) mass is 464 g/mol. The van der Waals surface area contributed by atoms with Crippen molar-refractivity contribution in [3.8, 4) is 5.75 Å². The molecule has 0 aliphatic heterocycles. The molecule has 0 atom stereocenters. The van der Waals surface area contributed by atoms with Gasteiger partial charge in [0.05, 0.1) is 41.0 Å². The number of benzene rings is 2. The molecule has 0 bridgehead atoms. The van der Waals surface area contributed by atoms with Crippen molar-refractivity contribution < 1.29 is 27.4 Å². The summed E-state index contributed by atoms with van der Waals surface area (Å²) in [6, 6.07) is 11.2. The number of hydrogen-bond donors (Lipinski definition) is 0. The van der Waals surface area contributed by atoms with Crippen molar-refractivity contribution in [2.24, 2.45) is 4.40 Å². The number of carbonyl (C=O) groups is 1. The van der Waals surface area contributed by atoms with Gasteiger partial charge < -0.3 is 18.8 Å². The Morgan fingerprint density at radius 3 is 2.48 bits per heavy atom. The molecule has 1 heterocycles. The first-order valence-electron chi connectivity index (χ1n) is 9.73. The molecular weight excluding hydrogens is 440 g/mol. The molecule has 31 heavy (non-hydrogen) atoms. The van der Waals surface area contributed by atoms with E-state index in [9.17, 15) is 13.2 Å². The number of methoxy groups -OCH3 is 1. The van der Waals surface area contributed by atoms with Crippen LogP contribution in [-0.2, 0) is 26.0 Å². The smallest absolute Gasteiger partial charge is 0.338 e. The van der Waals surface area contributed by atoms with Gasteiger partial charge in [-0.1, -0.05) is 11.3 Å². The van der Waals surface area contributed by atoms with Crippen molar-refractivity contribution in [2.75, 3.05) is 26.9 Å². The van der Waals surface area contributed by atoms with E-state index in [4.69, 9.17) is 14.2 Å². The zero-order valence-electron chi connectivity index (χ0n) is 17.5. The van der Waals surface area contributed by atoms with Crippen molar-refractivity contribution in [3.05, 3.63) is 52.8 Å². The zero-order chi connectivity index (χ0) is 22.4. The Kier molecular flexibility index (Phi) is 7.47. The summed E-state index contributed by atoms with van der Waals surface area (Å²) in [5.74, 6) is 0.127. The Balaban J connectivity index is 2.11. The lowest BCUT2D eigenvalue weighted by Gasteiger charge is -2.06. The van der Waals surface area contributed by atoms with E-state index in [1.165, 1.54) is 30.6 Å². The first-order valence-corrected chi connectivity index (χ1v) is 12.0. The topological polar surface area (TPSA) is 96.2 Å². The van der Waals surface area contributed by atoms with Crippen LogP contribution in [0.3, 0.4) is 0 Å². The van der Waals surface area contributed by atoms with Gasteiger partial charge in [0.25, 0.3) is 10.0 Å². The van der Waals surface area contributed by atoms with Crippen LogP contribution in [0, 0.1) is 0 Å². The first kappa shape index (κ1) is 23.0. The van der Waals surface area contributed by atoms with Crippen LogP contribution in [0.5, 0.6) is 5.75 Å². The Bertz CT molecular complexity index is 1230. The Morgan fingerprint density at radius 2 is 1.84 bits per heavy atom. The van der Waals surface area contributed by atoms with Crippen molar-refractivity contribution in [1.29, 1.82) is 0 Å². The molecule has 0 fully saturated rings. The van der Waals surface area contributed by atoms with Crippen molar-refractivity contribution in [3.63, 3.8) is 0 Å². The number of nitrogens with zero attached hydrogens (tertiary/aromatic N) is 2. The van der Waals surface area contributed by atoms with Gasteiger partial charge in [0, 0.05) is 13.2 Å². The molecule has 0 aliphatic rings. The highest BCUT2D eigenvalue weighted by Gasteiger charge is 2.16. The molecular formula is C21H24N2O6S2. The normalized spacial score (nSPS) is 12.3. The lowest BCUT2D eigenvalue weighted by Crippen LogP contribution is -2.20. The van der Waals surface area contributed by atoms with Gasteiger partial charge in [-0.25, -0.2) is 4.79 Å². The Morgan fingerprint density at radius 1 is 1.10 bits per heavy atom. The molecule has 3 rings (SSSR count). The molecule has 0 radical (unpaired) electrons. The van der Waals surface area contributed by atoms with Gasteiger partial charge in [-0.3, -0.25) is 0 Å². The minimum atomic E-state index is -3.95. The third kappa shape index (κ3) is 5.33. The number of esters is 1. The second-order valence-electron chi connectivity index (χ2n) is 6.38. The van der Waals surface area contributed by atoms with Crippen LogP contribution < -0.4 is 9.54 Å². The van der Waals surface area contributed by atoms with E-state index < -0.39 is 16.0 Å². The number of sulfonamides is 1. The quantitative estimate of drug-likeness (QED) is 0.356. The fourth-order valence-electron chi connectivity index (χ4n) is 2.90. The fraction of sp³-hybridized carbons (Fsp3) is 0.333. The predicted octanol–water partition coefficient (Wildman–Crippen LogP) is 3.21. The van der Waals surface area contributed by atoms with Crippen LogP contribution >= 0.6 is 11.3 Å². The van der Waals surface area contributed by atoms with Crippen molar-refractivity contribution >= 4 is 37.5 Å². The van der Waals surface area contributed by atoms with Crippen LogP contribution in [-0.4, -0.2) is 45.9 Å². The van der Waals surface area contributed by atoms with E-state index in [0.717, 1.165) is 10.2 Å². The molecule has 0 saturated heterocycles. The third-order valence-corrected chi connectivity index (χ3v) is 6.85. The van der Waals surface area contributed by atoms with Crippen molar-refractivity contribution in [1.82, 2.24) is 4.57 Å². The summed E-state index contributed by atoms with van der Waals surface area (Å²) in [5.41, 5.74) is 1.17. The molecule has 3 aromatic rings. The molecule has 0 N–H and O–H groups in total. The van der Waals surface area contributed by atoms with Crippen LogP contribution in [0.2, 0.25) is 0 Å². The van der Waals surface area contributed by atoms with E-state index in [1.807, 2.05) is 6.92 Å². The summed E-state index contributed by atoms with van der Waals surface area (Å²) in [5, 5.41) is 0. The molecule has 0 spiro atoms. The molecule has 2 aromatic carbocycles. The molecule has 0 saturated carbocycles. The highest BCUT2D eigenvalue weighted by molar-refractivity contribution is 7.90. The van der Waals surface area contributed by atoms with Gasteiger partial charge >= 0.3 is 5.97 Å². The summed E-state index contributed by atoms with van der Waals surface area (Å²) >= 11 is 1.19. The van der Waals surface area contributed by atoms with Crippen LogP contribution in [0.4, 0.5) is 0 Å². The second kappa shape index (κ2) is 10.1. The van der Waals surface area contributed by atoms with Gasteiger partial charge in [-0.2, -0.15) is 8.42 Å². The van der Waals surface area contributed by atoms with Crippen LogP contribution in [0.25, 0.3) is 10.2 Å². The third-order valence-electron chi connectivity index (χ3n) is 4.41. The largest absolute Gasteiger partial charge is 0.497 e. The Labute approximate surface area is 184 Å². The number of rotatable bonds is 9. The molecule has 1 aromatic heterocycles. The summed E-state index contributed by atoms with van der Waals surface area (Å²) in [6.07, 6.45) is 0. The molecule has 0 aliphatic carbocycles. The Hall–Kier alpha value is -2.69. The van der Waals surface area contributed by atoms with Gasteiger partial charge in [0.1, 0.15) is 5.75 Å². The fourth-order valence-corrected chi connectivity index (χ4v) is 5.20. The van der Waals surface area contributed by atoms with Crippen molar-refractivity contribution in [2.45, 2.75) is 25.3 Å². The van der Waals surface area contributed by atoms with E-state index in [-0.39, 0.29) is 11.5 Å². The van der Waals surface area contributed by atoms with Gasteiger partial charge in [0.15, 0.2) is 0 Å². The average Bonchev–Trinajstić information content (AvgIpc) is 3.09. The number of thiazole rings is 1. The zero-order valence-corrected chi connectivity index (χ0v) is 19.2. The van der Waals surface area contributed by atoms with E-state index >= 15 is 0 Å². The molecule has 0 amide bonds. The molecule has 8 nitrogen and oxygen atoms in total. The van der Waals surface area contributed by atoms with Gasteiger partial charge in [-0.05, 0) is 56.3 Å². The van der Waals surface area contributed by atoms with Crippen LogP contribution in [0.15, 0.2) is 51.8 Å². The molecule has 166 valence electrons. The number of hydrogen-bond acceptors (Lipinski definition) is 7. The number of aromatic nitrogens is 1. The average molecular weight is 465 g/mol. The first-order chi connectivity index (χ1) is 14.9. The predicted molar refractivity (Wildman–Crippen MR) is 118 cm³/mol. The molecule has 0 unspecified atom stereocenters. The summed E-state index contributed by atoms with van der Waals surface area (Å²) in [4.78, 5) is 12.4. The number of carbonyl (C=O) groups excluding carboxylic acids is 1. The molecule has 10 heteroatoms. The van der Waals surface area contributed by atoms with Crippen LogP contribution in [0.1, 0.15) is 24.2 Å². The maximum absolute atomic E-state index is 12.9. The standard InChI is InChI=1S/C21H24N2O6S2/c1-4-28-13-12-23-18-11-6-15(20(24)29-5-2)14-19(18)30-21(23)22-31(25,26)17-9-7-16(27-3)8-10-17/h6-11,14H,4-5,12-13H2,1-3H3/b22-21-. The lowest BCUT2D eigenvalue weighted by atomic mass is 10.2.